The van der Waals surface area contributed by atoms with Gasteiger partial charge in [0.05, 0.1) is 18.3 Å². The van der Waals surface area contributed by atoms with Crippen LogP contribution in [-0.4, -0.2) is 74.2 Å². The average molecular weight is 608 g/mol. The van der Waals surface area contributed by atoms with E-state index >= 15 is 0 Å². The molecule has 1 unspecified atom stereocenters. The predicted molar refractivity (Wildman–Crippen MR) is 162 cm³/mol. The standard InChI is InChI=1S/C26H28N4O3.2ClH.5H2O/c1-16(27)30-11-10-23(15-30)33-22-8-6-19(7-9-22)24(26(31)32)13-17-2-3-18-4-5-20(25(28)29)14-21(18)12-17;;;;;;;/h2-9,12,14,23-24,27H,10-11,13,15H2,1H3,(H3,28,29)(H,31,32);2*1H;5*1H2/t23-,24?;;;;;;;/m0......./s1. The number of nitrogen functional groups attached to an aromatic ring is 1. The Kier molecular flexibility index (Phi) is 20.4. The Morgan fingerprint density at radius 2 is 1.57 bits per heavy atom. The Morgan fingerprint density at radius 3 is 2.10 bits per heavy atom. The van der Waals surface area contributed by atoms with E-state index in [0.717, 1.165) is 34.9 Å². The fourth-order valence-corrected chi connectivity index (χ4v) is 4.27. The number of benzene rings is 3. The third kappa shape index (κ3) is 10.2. The van der Waals surface area contributed by atoms with E-state index in [1.807, 2.05) is 65.6 Å². The number of hydrogen-bond acceptors (Lipinski definition) is 4. The summed E-state index contributed by atoms with van der Waals surface area (Å²) in [5.74, 6) is -0.303. The van der Waals surface area contributed by atoms with Crippen molar-refractivity contribution < 1.29 is 42.0 Å². The molecule has 12 nitrogen and oxygen atoms in total. The molecule has 0 radical (unpaired) electrons. The largest absolute Gasteiger partial charge is 0.489 e. The number of aliphatic carboxylic acids is 1. The lowest BCUT2D eigenvalue weighted by Gasteiger charge is -2.18. The third-order valence-corrected chi connectivity index (χ3v) is 6.16. The van der Waals surface area contributed by atoms with Crippen LogP contribution in [0, 0.1) is 10.8 Å². The Hall–Kier alpha value is -3.49. The molecule has 3 aromatic carbocycles. The van der Waals surface area contributed by atoms with Crippen molar-refractivity contribution in [3.63, 3.8) is 0 Å². The van der Waals surface area contributed by atoms with E-state index in [1.165, 1.54) is 0 Å². The number of nitrogens with one attached hydrogen (secondary N) is 2. The minimum atomic E-state index is -0.880. The van der Waals surface area contributed by atoms with Crippen LogP contribution in [0.3, 0.4) is 0 Å². The van der Waals surface area contributed by atoms with Gasteiger partial charge in [-0.15, -0.1) is 24.8 Å². The summed E-state index contributed by atoms with van der Waals surface area (Å²) in [6, 6.07) is 18.7. The van der Waals surface area contributed by atoms with Gasteiger partial charge in [-0.3, -0.25) is 15.6 Å². The number of hydrogen-bond donors (Lipinski definition) is 4. The van der Waals surface area contributed by atoms with Gasteiger partial charge in [-0.25, -0.2) is 0 Å². The van der Waals surface area contributed by atoms with Crippen molar-refractivity contribution in [2.24, 2.45) is 5.73 Å². The zero-order chi connectivity index (χ0) is 23.5. The maximum absolute atomic E-state index is 12.1. The van der Waals surface area contributed by atoms with Crippen molar-refractivity contribution in [2.75, 3.05) is 13.1 Å². The number of carbonyl (C=O) groups is 1. The van der Waals surface area contributed by atoms with Gasteiger partial charge in [0.2, 0.25) is 0 Å². The summed E-state index contributed by atoms with van der Waals surface area (Å²) in [4.78, 5) is 14.1. The molecule has 4 rings (SSSR count). The maximum atomic E-state index is 12.1. The summed E-state index contributed by atoms with van der Waals surface area (Å²) in [5.41, 5.74) is 7.88. The van der Waals surface area contributed by atoms with E-state index in [-0.39, 0.29) is 64.1 Å². The predicted octanol–water partition coefficient (Wildman–Crippen LogP) is 0.705. The lowest BCUT2D eigenvalue weighted by Crippen LogP contribution is -2.28. The molecule has 1 aliphatic rings. The Bertz CT molecular complexity index is 1230. The molecule has 2 atom stereocenters. The highest BCUT2D eigenvalue weighted by molar-refractivity contribution is 5.99. The summed E-state index contributed by atoms with van der Waals surface area (Å²) < 4.78 is 6.03. The summed E-state index contributed by atoms with van der Waals surface area (Å²) in [6.07, 6.45) is 1.25. The number of ether oxygens (including phenoxy) is 1. The van der Waals surface area contributed by atoms with Crippen LogP contribution in [0.4, 0.5) is 0 Å². The van der Waals surface area contributed by atoms with Crippen molar-refractivity contribution in [3.8, 4) is 5.75 Å². The van der Waals surface area contributed by atoms with Gasteiger partial charge in [0.1, 0.15) is 17.7 Å². The van der Waals surface area contributed by atoms with E-state index in [4.69, 9.17) is 21.3 Å². The van der Waals surface area contributed by atoms with Crippen molar-refractivity contribution in [2.45, 2.75) is 31.8 Å². The minimum absolute atomic E-state index is 0. The van der Waals surface area contributed by atoms with E-state index in [0.29, 0.717) is 30.1 Å². The molecule has 0 aromatic heterocycles. The molecule has 15 N–H and O–H groups in total. The summed E-state index contributed by atoms with van der Waals surface area (Å²) in [6.45, 7) is 3.29. The van der Waals surface area contributed by atoms with Crippen LogP contribution in [0.2, 0.25) is 0 Å². The van der Waals surface area contributed by atoms with Crippen LogP contribution < -0.4 is 10.5 Å². The van der Waals surface area contributed by atoms with Gasteiger partial charge in [-0.1, -0.05) is 42.5 Å². The second-order valence-electron chi connectivity index (χ2n) is 8.53. The Labute approximate surface area is 244 Å². The lowest BCUT2D eigenvalue weighted by molar-refractivity contribution is -0.138. The number of nitrogens with two attached hydrogens (primary N) is 1. The van der Waals surface area contributed by atoms with Crippen LogP contribution in [0.5, 0.6) is 5.75 Å². The Morgan fingerprint density at radius 1 is 0.975 bits per heavy atom. The van der Waals surface area contributed by atoms with Crippen molar-refractivity contribution in [1.82, 2.24) is 4.90 Å². The number of fused-ring (bicyclic) bond motifs is 1. The molecule has 0 amide bonds. The minimum Gasteiger partial charge on any atom is -0.489 e. The highest BCUT2D eigenvalue weighted by atomic mass is 35.5. The SMILES string of the molecule is CC(=N)N1CC[C@H](Oc2ccc(C(Cc3ccc4ccc(C(=N)N)cc4c3)C(=O)O)cc2)C1.Cl.Cl.O.O.O.O.O. The molecular formula is C26H40Cl2N4O8. The fourth-order valence-electron chi connectivity index (χ4n) is 4.27. The van der Waals surface area contributed by atoms with Gasteiger partial charge in [0, 0.05) is 18.5 Å². The number of nitrogens with zero attached hydrogens (tertiary/aromatic N) is 1. The second-order valence-corrected chi connectivity index (χ2v) is 8.53. The van der Waals surface area contributed by atoms with Crippen molar-refractivity contribution in [3.05, 3.63) is 77.4 Å². The first-order valence-corrected chi connectivity index (χ1v) is 11.0. The Balaban J connectivity index is -0.000000926. The molecule has 0 saturated carbocycles. The quantitative estimate of drug-likeness (QED) is 0.222. The highest BCUT2D eigenvalue weighted by Gasteiger charge is 2.25. The van der Waals surface area contributed by atoms with Crippen molar-refractivity contribution in [1.29, 1.82) is 10.8 Å². The number of carboxylic acid groups (broad SMARTS) is 1. The van der Waals surface area contributed by atoms with Gasteiger partial charge in [0.15, 0.2) is 0 Å². The molecule has 0 aliphatic carbocycles. The zero-order valence-electron chi connectivity index (χ0n) is 21.9. The first kappa shape index (κ1) is 43.6. The van der Waals surface area contributed by atoms with Gasteiger partial charge < -0.3 is 47.9 Å². The van der Waals surface area contributed by atoms with Crippen LogP contribution >= 0.6 is 24.8 Å². The molecule has 1 aliphatic heterocycles. The summed E-state index contributed by atoms with van der Waals surface area (Å²) in [7, 11) is 0. The average Bonchev–Trinajstić information content (AvgIpc) is 3.26. The molecule has 1 heterocycles. The first-order valence-electron chi connectivity index (χ1n) is 11.0. The molecular weight excluding hydrogens is 567 g/mol. The molecule has 1 saturated heterocycles. The van der Waals surface area contributed by atoms with Gasteiger partial charge in [-0.05, 0) is 53.4 Å². The van der Waals surface area contributed by atoms with Crippen molar-refractivity contribution >= 4 is 53.2 Å². The number of rotatable bonds is 7. The summed E-state index contributed by atoms with van der Waals surface area (Å²) >= 11 is 0. The van der Waals surface area contributed by atoms with E-state index < -0.39 is 11.9 Å². The van der Waals surface area contributed by atoms with Gasteiger partial charge in [-0.2, -0.15) is 0 Å². The highest BCUT2D eigenvalue weighted by Crippen LogP contribution is 2.27. The molecule has 40 heavy (non-hydrogen) atoms. The third-order valence-electron chi connectivity index (χ3n) is 6.16. The van der Waals surface area contributed by atoms with Crippen LogP contribution in [0.1, 0.15) is 36.0 Å². The van der Waals surface area contributed by atoms with Crippen LogP contribution in [0.25, 0.3) is 10.8 Å². The molecule has 226 valence electrons. The van der Waals surface area contributed by atoms with Crippen LogP contribution in [0.15, 0.2) is 60.7 Å². The molecule has 0 bridgehead atoms. The van der Waals surface area contributed by atoms with E-state index in [9.17, 15) is 9.90 Å². The normalized spacial score (nSPS) is 13.6. The zero-order valence-corrected chi connectivity index (χ0v) is 23.5. The molecule has 3 aromatic rings. The molecule has 0 spiro atoms. The van der Waals surface area contributed by atoms with E-state index in [1.54, 1.807) is 6.92 Å². The fraction of sp³-hybridized carbons (Fsp3) is 0.269. The number of carboxylic acids is 1. The number of halogens is 2. The van der Waals surface area contributed by atoms with Crippen LogP contribution in [-0.2, 0) is 11.2 Å². The molecule has 14 heteroatoms. The lowest BCUT2D eigenvalue weighted by atomic mass is 9.91. The monoisotopic (exact) mass is 606 g/mol. The molecule has 1 fully saturated rings. The van der Waals surface area contributed by atoms with Gasteiger partial charge >= 0.3 is 5.97 Å². The number of amidine groups is 2. The smallest absolute Gasteiger partial charge is 0.311 e. The van der Waals surface area contributed by atoms with Gasteiger partial charge in [0.25, 0.3) is 0 Å². The maximum Gasteiger partial charge on any atom is 0.311 e. The topological polar surface area (TPSA) is 281 Å². The van der Waals surface area contributed by atoms with E-state index in [2.05, 4.69) is 0 Å². The summed E-state index contributed by atoms with van der Waals surface area (Å²) in [5, 5.41) is 27.2. The second kappa shape index (κ2) is 18.7. The number of likely N-dealkylation sites (tertiary alicyclic amines) is 1. The first-order chi connectivity index (χ1) is 15.8.